The molecule has 0 radical (unpaired) electrons. The van der Waals surface area contributed by atoms with Crippen LogP contribution in [0.2, 0.25) is 0 Å². The molecule has 3 unspecified atom stereocenters. The van der Waals surface area contributed by atoms with Gasteiger partial charge < -0.3 is 10.2 Å². The minimum Gasteiger partial charge on any atom is -0.386 e. The van der Waals surface area contributed by atoms with E-state index >= 15 is 0 Å². The summed E-state index contributed by atoms with van der Waals surface area (Å²) in [7, 11) is 0. The van der Waals surface area contributed by atoms with E-state index in [1.165, 1.54) is 24.3 Å². The minimum atomic E-state index is -4.61. The summed E-state index contributed by atoms with van der Waals surface area (Å²) in [5.74, 6) is -0.647. The number of hydrogen-bond acceptors (Lipinski definition) is 4. The number of alkyl halides is 4. The quantitative estimate of drug-likeness (QED) is 0.515. The molecule has 0 spiro atoms. The van der Waals surface area contributed by atoms with Gasteiger partial charge in [0, 0.05) is 5.56 Å². The first kappa shape index (κ1) is 18.8. The largest absolute Gasteiger partial charge is 0.416 e. The molecular formula is C18H11F3INO3. The maximum absolute atomic E-state index is 12.9. The average Bonchev–Trinajstić information content (AvgIpc) is 2.82. The van der Waals surface area contributed by atoms with Crippen LogP contribution in [0, 0.1) is 11.3 Å². The molecule has 26 heavy (non-hydrogen) atoms. The molecule has 0 saturated carbocycles. The van der Waals surface area contributed by atoms with Crippen LogP contribution in [0.25, 0.3) is 0 Å². The highest BCUT2D eigenvalue weighted by Gasteiger charge is 2.56. The van der Waals surface area contributed by atoms with E-state index in [2.05, 4.69) is 0 Å². The Hall–Kier alpha value is -1.96. The molecule has 2 aromatic carbocycles. The number of benzene rings is 2. The van der Waals surface area contributed by atoms with Gasteiger partial charge in [0.1, 0.15) is 15.6 Å². The summed E-state index contributed by atoms with van der Waals surface area (Å²) in [5, 5.41) is 30.1. The van der Waals surface area contributed by atoms with E-state index in [0.717, 1.165) is 18.2 Å². The van der Waals surface area contributed by atoms with Gasteiger partial charge in [-0.25, -0.2) is 0 Å². The Morgan fingerprint density at radius 1 is 1.19 bits per heavy atom. The second kappa shape index (κ2) is 6.33. The van der Waals surface area contributed by atoms with E-state index in [0.29, 0.717) is 5.56 Å². The van der Waals surface area contributed by atoms with Gasteiger partial charge >= 0.3 is 6.18 Å². The summed E-state index contributed by atoms with van der Waals surface area (Å²) in [6.07, 6.45) is -7.70. The predicted molar refractivity (Wildman–Crippen MR) is 93.6 cm³/mol. The molecule has 2 N–H and O–H groups in total. The Balaban J connectivity index is 2.04. The van der Waals surface area contributed by atoms with Crippen molar-refractivity contribution in [2.75, 3.05) is 0 Å². The average molecular weight is 473 g/mol. The normalized spacial score (nSPS) is 23.4. The highest BCUT2D eigenvalue weighted by molar-refractivity contribution is 14.1. The molecule has 8 heteroatoms. The lowest BCUT2D eigenvalue weighted by Crippen LogP contribution is -2.39. The fourth-order valence-electron chi connectivity index (χ4n) is 2.99. The Morgan fingerprint density at radius 3 is 2.35 bits per heavy atom. The Morgan fingerprint density at radius 2 is 1.81 bits per heavy atom. The molecule has 1 aliphatic rings. The summed E-state index contributed by atoms with van der Waals surface area (Å²) in [4.78, 5) is 12.8. The standard InChI is InChI=1S/C18H11F3INO3/c19-18(20,21)11-5-6-12-13(7-11)16(26)17(22,15(12)25)14(24)10-3-1-9(8-23)2-4-10/h1-7,14,16,24,26H. The van der Waals surface area contributed by atoms with Crippen LogP contribution < -0.4 is 0 Å². The van der Waals surface area contributed by atoms with E-state index in [1.54, 1.807) is 22.6 Å². The number of halogens is 4. The summed E-state index contributed by atoms with van der Waals surface area (Å²) in [6, 6.07) is 10.2. The van der Waals surface area contributed by atoms with Crippen LogP contribution in [0.1, 0.15) is 44.8 Å². The number of fused-ring (bicyclic) bond motifs is 1. The molecule has 4 nitrogen and oxygen atoms in total. The van der Waals surface area contributed by atoms with Crippen molar-refractivity contribution in [3.63, 3.8) is 0 Å². The number of aliphatic hydroxyl groups is 2. The van der Waals surface area contributed by atoms with Crippen molar-refractivity contribution in [3.8, 4) is 6.07 Å². The van der Waals surface area contributed by atoms with Crippen LogP contribution >= 0.6 is 22.6 Å². The number of rotatable bonds is 2. The first-order valence-electron chi connectivity index (χ1n) is 7.41. The molecule has 3 atom stereocenters. The number of carbonyl (C=O) groups excluding carboxylic acids is 1. The zero-order valence-corrected chi connectivity index (χ0v) is 15.1. The second-order valence-corrected chi connectivity index (χ2v) is 7.72. The van der Waals surface area contributed by atoms with Crippen molar-refractivity contribution in [2.24, 2.45) is 0 Å². The molecule has 0 aromatic heterocycles. The monoisotopic (exact) mass is 473 g/mol. The lowest BCUT2D eigenvalue weighted by Gasteiger charge is -2.30. The van der Waals surface area contributed by atoms with Crippen molar-refractivity contribution < 1.29 is 28.2 Å². The summed E-state index contributed by atoms with van der Waals surface area (Å²) < 4.78 is 37.0. The van der Waals surface area contributed by atoms with E-state index in [9.17, 15) is 28.2 Å². The SMILES string of the molecule is N#Cc1ccc(C(O)C2(I)C(=O)c3ccc(C(F)(F)F)cc3C2O)cc1. The molecule has 0 aliphatic heterocycles. The number of nitriles is 1. The first-order valence-corrected chi connectivity index (χ1v) is 8.49. The van der Waals surface area contributed by atoms with Crippen molar-refractivity contribution in [1.82, 2.24) is 0 Å². The van der Waals surface area contributed by atoms with Gasteiger partial charge in [0.05, 0.1) is 17.2 Å². The molecule has 3 rings (SSSR count). The Labute approximate surface area is 160 Å². The molecule has 0 saturated heterocycles. The van der Waals surface area contributed by atoms with Crippen LogP contribution in [0.5, 0.6) is 0 Å². The molecular weight excluding hydrogens is 462 g/mol. The van der Waals surface area contributed by atoms with E-state index in [4.69, 9.17) is 5.26 Å². The number of Topliss-reactive ketones (excluding diaryl/α,β-unsaturated/α-hetero) is 1. The fraction of sp³-hybridized carbons (Fsp3) is 0.222. The lowest BCUT2D eigenvalue weighted by atomic mass is 9.90. The molecule has 2 aromatic rings. The number of hydrogen-bond donors (Lipinski definition) is 2. The van der Waals surface area contributed by atoms with Crippen molar-refractivity contribution >= 4 is 28.4 Å². The van der Waals surface area contributed by atoms with Crippen molar-refractivity contribution in [1.29, 1.82) is 5.26 Å². The van der Waals surface area contributed by atoms with Gasteiger partial charge in [0.2, 0.25) is 0 Å². The molecule has 1 aliphatic carbocycles. The number of nitrogens with zero attached hydrogens (tertiary/aromatic N) is 1. The maximum Gasteiger partial charge on any atom is 0.416 e. The number of ketones is 1. The minimum absolute atomic E-state index is 0.0485. The van der Waals surface area contributed by atoms with Crippen molar-refractivity contribution in [3.05, 3.63) is 70.3 Å². The third-order valence-corrected chi connectivity index (χ3v) is 6.09. The fourth-order valence-corrected chi connectivity index (χ4v) is 3.97. The Bertz CT molecular complexity index is 921. The third kappa shape index (κ3) is 2.80. The van der Waals surface area contributed by atoms with Gasteiger partial charge in [-0.05, 0) is 35.4 Å². The van der Waals surface area contributed by atoms with Gasteiger partial charge in [-0.2, -0.15) is 18.4 Å². The zero-order valence-electron chi connectivity index (χ0n) is 13.0. The molecule has 0 bridgehead atoms. The van der Waals surface area contributed by atoms with Crippen LogP contribution in [0.3, 0.4) is 0 Å². The van der Waals surface area contributed by atoms with E-state index in [1.807, 2.05) is 6.07 Å². The highest BCUT2D eigenvalue weighted by atomic mass is 127. The number of carbonyl (C=O) groups is 1. The van der Waals surface area contributed by atoms with Crippen molar-refractivity contribution in [2.45, 2.75) is 21.8 Å². The predicted octanol–water partition coefficient (Wildman–Crippen LogP) is 3.71. The topological polar surface area (TPSA) is 81.3 Å². The van der Waals surface area contributed by atoms with Crippen LogP contribution in [-0.4, -0.2) is 19.4 Å². The highest BCUT2D eigenvalue weighted by Crippen LogP contribution is 2.52. The number of aliphatic hydroxyl groups excluding tert-OH is 2. The zero-order chi connectivity index (χ0) is 19.3. The smallest absolute Gasteiger partial charge is 0.386 e. The van der Waals surface area contributed by atoms with Gasteiger partial charge in [-0.1, -0.05) is 40.8 Å². The van der Waals surface area contributed by atoms with Crippen LogP contribution in [0.4, 0.5) is 13.2 Å². The summed E-state index contributed by atoms with van der Waals surface area (Å²) in [5.41, 5.74) is -0.564. The van der Waals surface area contributed by atoms with Crippen LogP contribution in [-0.2, 0) is 6.18 Å². The first-order chi connectivity index (χ1) is 12.1. The summed E-state index contributed by atoms with van der Waals surface area (Å²) >= 11 is 1.60. The maximum atomic E-state index is 12.9. The van der Waals surface area contributed by atoms with Gasteiger partial charge in [0.15, 0.2) is 5.78 Å². The van der Waals surface area contributed by atoms with Gasteiger partial charge in [0.25, 0.3) is 0 Å². The lowest BCUT2D eigenvalue weighted by molar-refractivity contribution is -0.137. The van der Waals surface area contributed by atoms with E-state index in [-0.39, 0.29) is 16.7 Å². The van der Waals surface area contributed by atoms with Gasteiger partial charge in [-0.3, -0.25) is 4.79 Å². The van der Waals surface area contributed by atoms with Crippen LogP contribution in [0.15, 0.2) is 42.5 Å². The second-order valence-electron chi connectivity index (χ2n) is 5.94. The molecule has 0 fully saturated rings. The molecule has 0 heterocycles. The molecule has 0 amide bonds. The third-order valence-electron chi connectivity index (χ3n) is 4.42. The Kier molecular flexibility index (Phi) is 4.58. The summed E-state index contributed by atoms with van der Waals surface area (Å²) in [6.45, 7) is 0. The van der Waals surface area contributed by atoms with Gasteiger partial charge in [-0.15, -0.1) is 0 Å². The van der Waals surface area contributed by atoms with E-state index < -0.39 is 33.2 Å². The molecule has 134 valence electrons.